The average Bonchev–Trinajstić information content (AvgIpc) is 2.42. The predicted molar refractivity (Wildman–Crippen MR) is 79.5 cm³/mol. The molecule has 0 spiro atoms. The standard InChI is InChI=1S/C16H17FN2O/c1-11(20)15-10-14(6-7-16(15)18)19-9-8-12-2-4-13(17)5-3-12/h2-7,10,19H,8-9,18H2,1H3. The number of nitrogen functional groups attached to an aromatic ring is 1. The van der Waals surface area contributed by atoms with Crippen molar-refractivity contribution in [2.75, 3.05) is 17.6 Å². The van der Waals surface area contributed by atoms with Crippen LogP contribution in [0.2, 0.25) is 0 Å². The van der Waals surface area contributed by atoms with E-state index in [0.29, 0.717) is 17.8 Å². The van der Waals surface area contributed by atoms with Gasteiger partial charge in [-0.2, -0.15) is 0 Å². The van der Waals surface area contributed by atoms with E-state index in [4.69, 9.17) is 5.73 Å². The molecule has 0 atom stereocenters. The third-order valence-corrected chi connectivity index (χ3v) is 3.09. The molecule has 0 aromatic heterocycles. The molecule has 2 aromatic rings. The Balaban J connectivity index is 1.96. The van der Waals surface area contributed by atoms with E-state index >= 15 is 0 Å². The maximum Gasteiger partial charge on any atom is 0.161 e. The molecule has 3 nitrogen and oxygen atoms in total. The van der Waals surface area contributed by atoms with Crippen LogP contribution in [-0.2, 0) is 6.42 Å². The molecule has 2 rings (SSSR count). The van der Waals surface area contributed by atoms with Gasteiger partial charge in [0.25, 0.3) is 0 Å². The van der Waals surface area contributed by atoms with Crippen LogP contribution < -0.4 is 11.1 Å². The number of nitrogens with two attached hydrogens (primary N) is 1. The van der Waals surface area contributed by atoms with Crippen molar-refractivity contribution in [1.29, 1.82) is 0 Å². The summed E-state index contributed by atoms with van der Waals surface area (Å²) >= 11 is 0. The number of ketones is 1. The zero-order valence-corrected chi connectivity index (χ0v) is 11.3. The Bertz CT molecular complexity index is 608. The molecule has 0 saturated heterocycles. The fraction of sp³-hybridized carbons (Fsp3) is 0.188. The molecule has 0 aliphatic carbocycles. The Morgan fingerprint density at radius 3 is 2.55 bits per heavy atom. The molecule has 4 heteroatoms. The topological polar surface area (TPSA) is 55.1 Å². The van der Waals surface area contributed by atoms with Gasteiger partial charge in [-0.3, -0.25) is 4.79 Å². The van der Waals surface area contributed by atoms with E-state index in [-0.39, 0.29) is 11.6 Å². The van der Waals surface area contributed by atoms with E-state index in [0.717, 1.165) is 17.7 Å². The van der Waals surface area contributed by atoms with Crippen molar-refractivity contribution in [1.82, 2.24) is 0 Å². The highest BCUT2D eigenvalue weighted by Gasteiger charge is 2.05. The summed E-state index contributed by atoms with van der Waals surface area (Å²) in [6.45, 7) is 2.20. The number of benzene rings is 2. The average molecular weight is 272 g/mol. The summed E-state index contributed by atoms with van der Waals surface area (Å²) < 4.78 is 12.8. The van der Waals surface area contributed by atoms with E-state index in [1.54, 1.807) is 24.3 Å². The van der Waals surface area contributed by atoms with Crippen molar-refractivity contribution in [3.05, 3.63) is 59.4 Å². The van der Waals surface area contributed by atoms with Gasteiger partial charge in [-0.15, -0.1) is 0 Å². The summed E-state index contributed by atoms with van der Waals surface area (Å²) in [4.78, 5) is 11.4. The fourth-order valence-electron chi connectivity index (χ4n) is 1.97. The van der Waals surface area contributed by atoms with E-state index in [2.05, 4.69) is 5.32 Å². The maximum atomic E-state index is 12.8. The molecule has 2 aromatic carbocycles. The van der Waals surface area contributed by atoms with E-state index in [1.807, 2.05) is 6.07 Å². The predicted octanol–water partition coefficient (Wildman–Crippen LogP) is 3.27. The zero-order valence-electron chi connectivity index (χ0n) is 11.3. The van der Waals surface area contributed by atoms with E-state index in [9.17, 15) is 9.18 Å². The van der Waals surface area contributed by atoms with Crippen LogP contribution in [0.15, 0.2) is 42.5 Å². The summed E-state index contributed by atoms with van der Waals surface area (Å²) in [6.07, 6.45) is 0.778. The normalized spacial score (nSPS) is 10.3. The number of halogens is 1. The fourth-order valence-corrected chi connectivity index (χ4v) is 1.97. The molecule has 104 valence electrons. The van der Waals surface area contributed by atoms with Crippen LogP contribution in [-0.4, -0.2) is 12.3 Å². The third kappa shape index (κ3) is 3.57. The Labute approximate surface area is 117 Å². The van der Waals surface area contributed by atoms with Crippen molar-refractivity contribution in [2.24, 2.45) is 0 Å². The van der Waals surface area contributed by atoms with Crippen LogP contribution in [0.1, 0.15) is 22.8 Å². The first kappa shape index (κ1) is 14.1. The number of hydrogen-bond donors (Lipinski definition) is 2. The minimum absolute atomic E-state index is 0.0512. The van der Waals surface area contributed by atoms with Gasteiger partial charge >= 0.3 is 0 Å². The van der Waals surface area contributed by atoms with E-state index in [1.165, 1.54) is 19.1 Å². The van der Waals surface area contributed by atoms with Gasteiger partial charge in [-0.25, -0.2) is 4.39 Å². The molecule has 20 heavy (non-hydrogen) atoms. The summed E-state index contributed by atoms with van der Waals surface area (Å²) in [6, 6.07) is 11.7. The molecule has 0 bridgehead atoms. The second-order valence-corrected chi connectivity index (χ2v) is 4.66. The van der Waals surface area contributed by atoms with Crippen LogP contribution in [0.25, 0.3) is 0 Å². The Kier molecular flexibility index (Phi) is 4.35. The molecule has 0 aliphatic heterocycles. The monoisotopic (exact) mass is 272 g/mol. The van der Waals surface area contributed by atoms with Crippen LogP contribution in [0, 0.1) is 5.82 Å². The van der Waals surface area contributed by atoms with Crippen LogP contribution >= 0.6 is 0 Å². The smallest absolute Gasteiger partial charge is 0.161 e. The summed E-state index contributed by atoms with van der Waals surface area (Å²) in [5.74, 6) is -0.281. The van der Waals surface area contributed by atoms with Gasteiger partial charge in [0.05, 0.1) is 0 Å². The zero-order chi connectivity index (χ0) is 14.5. The number of rotatable bonds is 5. The largest absolute Gasteiger partial charge is 0.398 e. The number of carbonyl (C=O) groups is 1. The Morgan fingerprint density at radius 1 is 1.20 bits per heavy atom. The van der Waals surface area contributed by atoms with Gasteiger partial charge in [0.2, 0.25) is 0 Å². The van der Waals surface area contributed by atoms with Crippen molar-refractivity contribution < 1.29 is 9.18 Å². The maximum absolute atomic E-state index is 12.8. The van der Waals surface area contributed by atoms with Crippen LogP contribution in [0.3, 0.4) is 0 Å². The second kappa shape index (κ2) is 6.19. The molecule has 0 radical (unpaired) electrons. The molecule has 0 heterocycles. The lowest BCUT2D eigenvalue weighted by atomic mass is 10.1. The number of anilines is 2. The Hall–Kier alpha value is -2.36. The summed E-state index contributed by atoms with van der Waals surface area (Å²) in [5, 5.41) is 3.23. The van der Waals surface area contributed by atoms with Gasteiger partial charge in [0, 0.05) is 23.5 Å². The molecule has 0 unspecified atom stereocenters. The lowest BCUT2D eigenvalue weighted by molar-refractivity contribution is 0.101. The lowest BCUT2D eigenvalue weighted by Crippen LogP contribution is -2.07. The molecular weight excluding hydrogens is 255 g/mol. The van der Waals surface area contributed by atoms with Gasteiger partial charge in [0.15, 0.2) is 5.78 Å². The van der Waals surface area contributed by atoms with Crippen LogP contribution in [0.5, 0.6) is 0 Å². The van der Waals surface area contributed by atoms with Gasteiger partial charge in [-0.1, -0.05) is 12.1 Å². The highest BCUT2D eigenvalue weighted by molar-refractivity contribution is 5.99. The molecule has 0 amide bonds. The number of Topliss-reactive ketones (excluding diaryl/α,β-unsaturated/α-hetero) is 1. The number of hydrogen-bond acceptors (Lipinski definition) is 3. The van der Waals surface area contributed by atoms with Crippen molar-refractivity contribution in [2.45, 2.75) is 13.3 Å². The molecule has 3 N–H and O–H groups in total. The van der Waals surface area contributed by atoms with Crippen molar-refractivity contribution in [3.63, 3.8) is 0 Å². The van der Waals surface area contributed by atoms with Gasteiger partial charge in [0.1, 0.15) is 5.82 Å². The van der Waals surface area contributed by atoms with Gasteiger partial charge in [-0.05, 0) is 49.2 Å². The molecule has 0 fully saturated rings. The van der Waals surface area contributed by atoms with Gasteiger partial charge < -0.3 is 11.1 Å². The van der Waals surface area contributed by atoms with Crippen molar-refractivity contribution in [3.8, 4) is 0 Å². The third-order valence-electron chi connectivity index (χ3n) is 3.09. The molecular formula is C16H17FN2O. The molecule has 0 saturated carbocycles. The summed E-state index contributed by atoms with van der Waals surface area (Å²) in [5.41, 5.74) is 8.66. The van der Waals surface area contributed by atoms with Crippen molar-refractivity contribution >= 4 is 17.2 Å². The Morgan fingerprint density at radius 2 is 1.90 bits per heavy atom. The molecule has 0 aliphatic rings. The van der Waals surface area contributed by atoms with Crippen LogP contribution in [0.4, 0.5) is 15.8 Å². The number of carbonyl (C=O) groups excluding carboxylic acids is 1. The first-order valence-corrected chi connectivity index (χ1v) is 6.45. The summed E-state index contributed by atoms with van der Waals surface area (Å²) in [7, 11) is 0. The first-order valence-electron chi connectivity index (χ1n) is 6.45. The highest BCUT2D eigenvalue weighted by Crippen LogP contribution is 2.18. The SMILES string of the molecule is CC(=O)c1cc(NCCc2ccc(F)cc2)ccc1N. The minimum Gasteiger partial charge on any atom is -0.398 e. The number of nitrogens with one attached hydrogen (secondary N) is 1. The highest BCUT2D eigenvalue weighted by atomic mass is 19.1. The van der Waals surface area contributed by atoms with E-state index < -0.39 is 0 Å². The second-order valence-electron chi connectivity index (χ2n) is 4.66. The first-order chi connectivity index (χ1) is 9.56. The quantitative estimate of drug-likeness (QED) is 0.649. The lowest BCUT2D eigenvalue weighted by Gasteiger charge is -2.09. The minimum atomic E-state index is -0.230.